The maximum absolute atomic E-state index is 9.37. The Labute approximate surface area is 67.2 Å². The molecule has 4 nitrogen and oxygen atoms in total. The summed E-state index contributed by atoms with van der Waals surface area (Å²) in [7, 11) is 0. The first kappa shape index (κ1) is 13.0. The number of hydrogen-bond acceptors (Lipinski definition) is 3. The molecule has 0 aromatic rings. The van der Waals surface area contributed by atoms with Gasteiger partial charge in [0.05, 0.1) is 6.61 Å². The second-order valence-corrected chi connectivity index (χ2v) is 1.82. The average Bonchev–Trinajstić information content (AvgIpc) is 2.02. The fraction of sp³-hybridized carbons (Fsp3) is 0.857. The van der Waals surface area contributed by atoms with E-state index < -0.39 is 5.97 Å². The number of aliphatic hydroxyl groups is 1. The highest BCUT2D eigenvalue weighted by Crippen LogP contribution is 1.67. The topological polar surface area (TPSA) is 69.6 Å². The molecule has 0 rings (SSSR count). The van der Waals surface area contributed by atoms with Gasteiger partial charge in [0.25, 0.3) is 0 Å². The van der Waals surface area contributed by atoms with Gasteiger partial charge in [-0.05, 0) is 6.54 Å². The molecule has 0 aromatic heterocycles. The summed E-state index contributed by atoms with van der Waals surface area (Å²) in [5, 5.41) is 18.8. The lowest BCUT2D eigenvalue weighted by atomic mass is 10.5. The predicted molar refractivity (Wildman–Crippen MR) is 43.6 cm³/mol. The smallest absolute Gasteiger partial charge is 0.303 e. The van der Waals surface area contributed by atoms with Crippen molar-refractivity contribution in [3.05, 3.63) is 0 Å². The van der Waals surface area contributed by atoms with Crippen molar-refractivity contribution in [3.8, 4) is 0 Å². The monoisotopic (exact) mass is 163 g/mol. The van der Waals surface area contributed by atoms with Crippen molar-refractivity contribution in [2.24, 2.45) is 0 Å². The van der Waals surface area contributed by atoms with Gasteiger partial charge in [-0.3, -0.25) is 4.79 Å². The molecule has 0 atom stereocenters. The van der Waals surface area contributed by atoms with E-state index >= 15 is 0 Å². The number of aliphatic carboxylic acids is 1. The molecule has 3 N–H and O–H groups in total. The fourth-order valence-corrected chi connectivity index (χ4v) is 0.256. The number of nitrogens with one attached hydrogen (secondary N) is 1. The average molecular weight is 163 g/mol. The predicted octanol–water partition coefficient (Wildman–Crippen LogP) is 0.0692. The Bertz CT molecular complexity index is 81.8. The molecule has 0 saturated carbocycles. The molecule has 0 aliphatic rings. The lowest BCUT2D eigenvalue weighted by Crippen LogP contribution is -2.16. The Balaban J connectivity index is 0. The highest BCUT2D eigenvalue weighted by atomic mass is 16.4. The van der Waals surface area contributed by atoms with E-state index in [0.29, 0.717) is 0 Å². The van der Waals surface area contributed by atoms with Gasteiger partial charge in [0, 0.05) is 13.0 Å². The third-order valence-electron chi connectivity index (χ3n) is 0.841. The van der Waals surface area contributed by atoms with E-state index in [-0.39, 0.29) is 13.0 Å². The molecule has 0 heterocycles. The summed E-state index contributed by atoms with van der Waals surface area (Å²) in [4.78, 5) is 9.37. The van der Waals surface area contributed by atoms with Crippen LogP contribution in [0.2, 0.25) is 0 Å². The van der Waals surface area contributed by atoms with Crippen LogP contribution in [0, 0.1) is 0 Å². The highest BCUT2D eigenvalue weighted by molar-refractivity contribution is 5.66. The molecule has 0 amide bonds. The fourth-order valence-electron chi connectivity index (χ4n) is 0.256. The number of carboxylic acids is 1. The van der Waals surface area contributed by atoms with Gasteiger partial charge in [0.2, 0.25) is 0 Å². The molecule has 68 valence electrons. The van der Waals surface area contributed by atoms with Gasteiger partial charge in [0.1, 0.15) is 0 Å². The molecule has 0 radical (unpaired) electrons. The zero-order valence-corrected chi connectivity index (χ0v) is 7.13. The van der Waals surface area contributed by atoms with Crippen LogP contribution in [0.25, 0.3) is 0 Å². The summed E-state index contributed by atoms with van der Waals surface area (Å²) in [5.41, 5.74) is 0. The first-order valence-electron chi connectivity index (χ1n) is 3.72. The van der Waals surface area contributed by atoms with Crippen LogP contribution >= 0.6 is 0 Å². The first-order valence-corrected chi connectivity index (χ1v) is 3.72. The second-order valence-electron chi connectivity index (χ2n) is 1.82. The minimum absolute atomic E-state index is 0.222. The van der Waals surface area contributed by atoms with Crippen LogP contribution in [0.5, 0.6) is 0 Å². The number of rotatable bonds is 4. The maximum Gasteiger partial charge on any atom is 0.303 e. The molecule has 0 aliphatic heterocycles. The van der Waals surface area contributed by atoms with Gasteiger partial charge in [-0.1, -0.05) is 13.8 Å². The van der Waals surface area contributed by atoms with Crippen LogP contribution in [-0.4, -0.2) is 35.9 Å². The molecule has 0 fully saturated rings. The first-order chi connectivity index (χ1) is 5.18. The van der Waals surface area contributed by atoms with Crippen molar-refractivity contribution in [3.63, 3.8) is 0 Å². The third kappa shape index (κ3) is 26.6. The van der Waals surface area contributed by atoms with E-state index in [1.54, 1.807) is 6.92 Å². The molecular formula is C7H17NO3. The van der Waals surface area contributed by atoms with Crippen LogP contribution < -0.4 is 5.32 Å². The van der Waals surface area contributed by atoms with E-state index in [9.17, 15) is 4.79 Å². The minimum atomic E-state index is -0.745. The molecule has 0 saturated heterocycles. The summed E-state index contributed by atoms with van der Waals surface area (Å²) in [5.74, 6) is -0.745. The summed E-state index contributed by atoms with van der Waals surface area (Å²) in [6.07, 6.45) is 0.222. The van der Waals surface area contributed by atoms with Crippen LogP contribution in [0.4, 0.5) is 0 Å². The Kier molecular flexibility index (Phi) is 14.3. The number of hydrogen-bond donors (Lipinski definition) is 3. The van der Waals surface area contributed by atoms with E-state index in [1.165, 1.54) is 0 Å². The van der Waals surface area contributed by atoms with Crippen molar-refractivity contribution in [1.82, 2.24) is 5.32 Å². The maximum atomic E-state index is 9.37. The summed E-state index contributed by atoms with van der Waals surface area (Å²) in [6, 6.07) is 0. The number of likely N-dealkylation sites (N-methyl/N-ethyl adjacent to an activating group) is 1. The quantitative estimate of drug-likeness (QED) is 0.513. The van der Waals surface area contributed by atoms with Gasteiger partial charge in [-0.15, -0.1) is 0 Å². The van der Waals surface area contributed by atoms with Crippen LogP contribution in [0.3, 0.4) is 0 Å². The minimum Gasteiger partial charge on any atom is -0.481 e. The Morgan fingerprint density at radius 2 is 1.91 bits per heavy atom. The largest absolute Gasteiger partial charge is 0.481 e. The van der Waals surface area contributed by atoms with E-state index in [0.717, 1.165) is 13.1 Å². The van der Waals surface area contributed by atoms with Gasteiger partial charge in [0.15, 0.2) is 0 Å². The van der Waals surface area contributed by atoms with Crippen molar-refractivity contribution in [2.75, 3.05) is 19.7 Å². The molecule has 0 aliphatic carbocycles. The number of aliphatic hydroxyl groups excluding tert-OH is 1. The SMILES string of the molecule is CCC(=O)O.CCNCCO. The number of carbonyl (C=O) groups is 1. The molecule has 0 bridgehead atoms. The Morgan fingerprint density at radius 3 is 2.00 bits per heavy atom. The van der Waals surface area contributed by atoms with Crippen LogP contribution in [-0.2, 0) is 4.79 Å². The molecule has 4 heteroatoms. The van der Waals surface area contributed by atoms with Crippen molar-refractivity contribution < 1.29 is 15.0 Å². The molecule has 0 unspecified atom stereocenters. The second kappa shape index (κ2) is 12.1. The lowest BCUT2D eigenvalue weighted by Gasteiger charge is -1.91. The Morgan fingerprint density at radius 1 is 1.45 bits per heavy atom. The van der Waals surface area contributed by atoms with Crippen molar-refractivity contribution in [2.45, 2.75) is 20.3 Å². The summed E-state index contributed by atoms with van der Waals surface area (Å²) >= 11 is 0. The molecule has 0 aromatic carbocycles. The zero-order chi connectivity index (χ0) is 9.11. The van der Waals surface area contributed by atoms with E-state index in [1.807, 2.05) is 6.92 Å². The lowest BCUT2D eigenvalue weighted by molar-refractivity contribution is -0.136. The van der Waals surface area contributed by atoms with E-state index in [2.05, 4.69) is 5.32 Å². The highest BCUT2D eigenvalue weighted by Gasteiger charge is 1.80. The normalized spacial score (nSPS) is 8.27. The molecule has 11 heavy (non-hydrogen) atoms. The van der Waals surface area contributed by atoms with Crippen molar-refractivity contribution >= 4 is 5.97 Å². The van der Waals surface area contributed by atoms with Gasteiger partial charge >= 0.3 is 5.97 Å². The van der Waals surface area contributed by atoms with Crippen LogP contribution in [0.1, 0.15) is 20.3 Å². The third-order valence-corrected chi connectivity index (χ3v) is 0.841. The standard InChI is InChI=1S/C4H11NO.C3H6O2/c1-2-5-3-4-6;1-2-3(4)5/h5-6H,2-4H2,1H3;2H2,1H3,(H,4,5). The molecular weight excluding hydrogens is 146 g/mol. The number of carboxylic acid groups (broad SMARTS) is 1. The molecule has 0 spiro atoms. The summed E-state index contributed by atoms with van der Waals surface area (Å²) in [6.45, 7) is 5.52. The van der Waals surface area contributed by atoms with Gasteiger partial charge in [-0.2, -0.15) is 0 Å². The van der Waals surface area contributed by atoms with E-state index in [4.69, 9.17) is 10.2 Å². The summed E-state index contributed by atoms with van der Waals surface area (Å²) < 4.78 is 0. The Hall–Kier alpha value is -0.610. The zero-order valence-electron chi connectivity index (χ0n) is 7.13. The van der Waals surface area contributed by atoms with Crippen molar-refractivity contribution in [1.29, 1.82) is 0 Å². The van der Waals surface area contributed by atoms with Crippen LogP contribution in [0.15, 0.2) is 0 Å². The van der Waals surface area contributed by atoms with Gasteiger partial charge in [-0.25, -0.2) is 0 Å². The van der Waals surface area contributed by atoms with Gasteiger partial charge < -0.3 is 15.5 Å².